The van der Waals surface area contributed by atoms with E-state index in [0.29, 0.717) is 6.42 Å². The van der Waals surface area contributed by atoms with E-state index < -0.39 is 24.3 Å². The lowest BCUT2D eigenvalue weighted by molar-refractivity contribution is -0.137. The highest BCUT2D eigenvalue weighted by Crippen LogP contribution is 1.82. The SMILES string of the molecule is CCCC(=O)O.OCC(O)CO.OCC(O)CO.OCC(O)CO. The van der Waals surface area contributed by atoms with Gasteiger partial charge < -0.3 is 51.1 Å². The molecule has 0 unspecified atom stereocenters. The molecule has 0 spiro atoms. The van der Waals surface area contributed by atoms with Crippen LogP contribution in [0.5, 0.6) is 0 Å². The van der Waals surface area contributed by atoms with Crippen LogP contribution in [0.3, 0.4) is 0 Å². The Kier molecular flexibility index (Phi) is 34.8. The summed E-state index contributed by atoms with van der Waals surface area (Å²) < 4.78 is 0. The number of aliphatic hydroxyl groups is 9. The average Bonchev–Trinajstić information content (AvgIpc) is 2.60. The van der Waals surface area contributed by atoms with Gasteiger partial charge in [-0.3, -0.25) is 4.79 Å². The van der Waals surface area contributed by atoms with E-state index in [1.807, 2.05) is 6.92 Å². The fourth-order valence-corrected chi connectivity index (χ4v) is 0.387. The van der Waals surface area contributed by atoms with Crippen LogP contribution in [0.4, 0.5) is 0 Å². The highest BCUT2D eigenvalue weighted by Gasteiger charge is 1.94. The second-order valence-corrected chi connectivity index (χ2v) is 4.20. The molecule has 0 aliphatic carbocycles. The minimum atomic E-state index is -0.954. The quantitative estimate of drug-likeness (QED) is 0.199. The molecule has 0 amide bonds. The Hall–Kier alpha value is -0.890. The van der Waals surface area contributed by atoms with Crippen molar-refractivity contribution in [2.75, 3.05) is 39.6 Å². The molecular weight excluding hydrogens is 332 g/mol. The lowest BCUT2D eigenvalue weighted by atomic mass is 10.4. The fraction of sp³-hybridized carbons (Fsp3) is 0.923. The molecular formula is C13H32O11. The van der Waals surface area contributed by atoms with Gasteiger partial charge in [0, 0.05) is 6.42 Å². The third-order valence-electron chi connectivity index (χ3n) is 1.73. The first-order valence-corrected chi connectivity index (χ1v) is 7.11. The van der Waals surface area contributed by atoms with Crippen LogP contribution in [0.25, 0.3) is 0 Å². The number of aliphatic carboxylic acids is 1. The summed E-state index contributed by atoms with van der Waals surface area (Å²) in [5.74, 6) is -0.711. The predicted octanol–water partition coefficient (Wildman–Crippen LogP) is -4.13. The van der Waals surface area contributed by atoms with E-state index in [0.717, 1.165) is 6.42 Å². The average molecular weight is 364 g/mol. The van der Waals surface area contributed by atoms with Gasteiger partial charge in [0.1, 0.15) is 18.3 Å². The lowest BCUT2D eigenvalue weighted by Gasteiger charge is -1.96. The molecule has 0 rings (SSSR count). The minimum Gasteiger partial charge on any atom is -0.481 e. The normalized spacial score (nSPS) is 9.54. The molecule has 0 aromatic carbocycles. The van der Waals surface area contributed by atoms with Crippen LogP contribution >= 0.6 is 0 Å². The molecule has 0 saturated heterocycles. The van der Waals surface area contributed by atoms with Crippen molar-refractivity contribution in [3.8, 4) is 0 Å². The smallest absolute Gasteiger partial charge is 0.303 e. The molecule has 150 valence electrons. The van der Waals surface area contributed by atoms with Gasteiger partial charge in [-0.1, -0.05) is 6.92 Å². The van der Waals surface area contributed by atoms with E-state index in [9.17, 15) is 4.79 Å². The third kappa shape index (κ3) is 42.9. The van der Waals surface area contributed by atoms with Crippen molar-refractivity contribution in [2.24, 2.45) is 0 Å². The molecule has 0 saturated carbocycles. The maximum absolute atomic E-state index is 9.60. The minimum absolute atomic E-state index is 0.292. The number of aliphatic hydroxyl groups excluding tert-OH is 9. The Morgan fingerprint density at radius 1 is 0.667 bits per heavy atom. The molecule has 0 radical (unpaired) electrons. The molecule has 0 aliphatic rings. The molecule has 10 N–H and O–H groups in total. The summed E-state index contributed by atoms with van der Waals surface area (Å²) in [5, 5.41) is 80.0. The zero-order valence-corrected chi connectivity index (χ0v) is 13.8. The molecule has 0 aromatic rings. The summed E-state index contributed by atoms with van der Waals surface area (Å²) >= 11 is 0. The maximum Gasteiger partial charge on any atom is 0.303 e. The van der Waals surface area contributed by atoms with Crippen LogP contribution in [-0.2, 0) is 4.79 Å². The summed E-state index contributed by atoms with van der Waals surface area (Å²) in [6, 6.07) is 0. The van der Waals surface area contributed by atoms with Gasteiger partial charge in [0.05, 0.1) is 39.6 Å². The Morgan fingerprint density at radius 2 is 0.875 bits per heavy atom. The molecule has 0 bridgehead atoms. The first-order chi connectivity index (χ1) is 11.2. The number of carboxylic acids is 1. The van der Waals surface area contributed by atoms with Gasteiger partial charge >= 0.3 is 5.97 Å². The Morgan fingerprint density at radius 3 is 0.875 bits per heavy atom. The van der Waals surface area contributed by atoms with Gasteiger partial charge in [-0.15, -0.1) is 0 Å². The van der Waals surface area contributed by atoms with Gasteiger partial charge in [0.2, 0.25) is 0 Å². The van der Waals surface area contributed by atoms with E-state index in [4.69, 9.17) is 51.1 Å². The number of hydrogen-bond acceptors (Lipinski definition) is 10. The van der Waals surface area contributed by atoms with Crippen molar-refractivity contribution < 1.29 is 55.9 Å². The van der Waals surface area contributed by atoms with Crippen molar-refractivity contribution >= 4 is 5.97 Å². The summed E-state index contributed by atoms with van der Waals surface area (Å²) in [6.07, 6.45) is -1.84. The highest BCUT2D eigenvalue weighted by atomic mass is 16.4. The van der Waals surface area contributed by atoms with Crippen molar-refractivity contribution in [2.45, 2.75) is 38.1 Å². The van der Waals surface area contributed by atoms with Crippen LogP contribution in [0.2, 0.25) is 0 Å². The van der Waals surface area contributed by atoms with Crippen LogP contribution in [-0.4, -0.2) is 115 Å². The monoisotopic (exact) mass is 364 g/mol. The fourth-order valence-electron chi connectivity index (χ4n) is 0.387. The van der Waals surface area contributed by atoms with Gasteiger partial charge in [0.15, 0.2) is 0 Å². The standard InChI is InChI=1S/C4H8O2.3C3H8O3/c1-2-3-4(5)6;3*4-1-3(6)2-5/h2-3H2,1H3,(H,5,6);3*3-6H,1-2H2. The first-order valence-electron chi connectivity index (χ1n) is 7.11. The van der Waals surface area contributed by atoms with E-state index in [1.165, 1.54) is 0 Å². The topological polar surface area (TPSA) is 219 Å². The molecule has 11 nitrogen and oxygen atoms in total. The first kappa shape index (κ1) is 30.9. The van der Waals surface area contributed by atoms with Crippen LogP contribution < -0.4 is 0 Å². The molecule has 0 aliphatic heterocycles. The molecule has 24 heavy (non-hydrogen) atoms. The molecule has 11 heteroatoms. The van der Waals surface area contributed by atoms with Gasteiger partial charge in [0.25, 0.3) is 0 Å². The molecule has 0 heterocycles. The van der Waals surface area contributed by atoms with Gasteiger partial charge in [-0.2, -0.15) is 0 Å². The second-order valence-electron chi connectivity index (χ2n) is 4.20. The van der Waals surface area contributed by atoms with E-state index >= 15 is 0 Å². The maximum atomic E-state index is 9.60. The zero-order valence-electron chi connectivity index (χ0n) is 13.8. The number of hydrogen-bond donors (Lipinski definition) is 10. The predicted molar refractivity (Wildman–Crippen MR) is 83.1 cm³/mol. The third-order valence-corrected chi connectivity index (χ3v) is 1.73. The Balaban J connectivity index is -0.000000111. The van der Waals surface area contributed by atoms with E-state index in [1.54, 1.807) is 0 Å². The summed E-state index contributed by atoms with van der Waals surface area (Å²) in [5.41, 5.74) is 0. The lowest BCUT2D eigenvalue weighted by Crippen LogP contribution is -2.15. The highest BCUT2D eigenvalue weighted by molar-refractivity contribution is 5.66. The Bertz CT molecular complexity index is 192. The summed E-state index contributed by atoms with van der Waals surface area (Å²) in [6.45, 7) is -0.346. The van der Waals surface area contributed by atoms with Gasteiger partial charge in [-0.25, -0.2) is 0 Å². The number of carboxylic acid groups (broad SMARTS) is 1. The summed E-state index contributed by atoms with van der Waals surface area (Å²) in [7, 11) is 0. The van der Waals surface area contributed by atoms with E-state index in [-0.39, 0.29) is 39.6 Å². The van der Waals surface area contributed by atoms with Crippen LogP contribution in [0.1, 0.15) is 19.8 Å². The largest absolute Gasteiger partial charge is 0.481 e. The van der Waals surface area contributed by atoms with Crippen molar-refractivity contribution in [3.05, 3.63) is 0 Å². The Labute approximate surface area is 140 Å². The summed E-state index contributed by atoms with van der Waals surface area (Å²) in [4.78, 5) is 9.60. The van der Waals surface area contributed by atoms with Crippen molar-refractivity contribution in [1.29, 1.82) is 0 Å². The molecule has 0 aromatic heterocycles. The van der Waals surface area contributed by atoms with Crippen molar-refractivity contribution in [3.63, 3.8) is 0 Å². The second kappa shape index (κ2) is 27.0. The number of carbonyl (C=O) groups is 1. The van der Waals surface area contributed by atoms with Crippen LogP contribution in [0, 0.1) is 0 Å². The van der Waals surface area contributed by atoms with Crippen molar-refractivity contribution in [1.82, 2.24) is 0 Å². The number of rotatable bonds is 8. The van der Waals surface area contributed by atoms with Crippen LogP contribution in [0.15, 0.2) is 0 Å². The molecule has 0 fully saturated rings. The zero-order chi connectivity index (χ0) is 20.0. The van der Waals surface area contributed by atoms with Gasteiger partial charge in [-0.05, 0) is 6.42 Å². The molecule has 0 atom stereocenters. The van der Waals surface area contributed by atoms with E-state index in [2.05, 4.69) is 0 Å².